The molecule has 1 rings (SSSR count). The maximum absolute atomic E-state index is 8.77. The van der Waals surface area contributed by atoms with Gasteiger partial charge in [-0.1, -0.05) is 36.5 Å². The van der Waals surface area contributed by atoms with Crippen molar-refractivity contribution in [1.29, 1.82) is 0 Å². The summed E-state index contributed by atoms with van der Waals surface area (Å²) in [7, 11) is 0. The zero-order valence-electron chi connectivity index (χ0n) is 7.08. The average Bonchev–Trinajstić information content (AvgIpc) is 2.09. The standard InChI is InChI=1S/C10H12OS/c1-8-5-3-4-6-10(8)12-9(2)7-11/h3-6,11H,2,7H2,1H3. The minimum Gasteiger partial charge on any atom is -0.391 e. The molecule has 0 saturated carbocycles. The zero-order chi connectivity index (χ0) is 8.97. The number of rotatable bonds is 3. The van der Waals surface area contributed by atoms with Crippen molar-refractivity contribution in [2.24, 2.45) is 0 Å². The number of thioether (sulfide) groups is 1. The predicted molar refractivity (Wildman–Crippen MR) is 53.3 cm³/mol. The first kappa shape index (κ1) is 9.36. The normalized spacial score (nSPS) is 9.83. The number of benzene rings is 1. The van der Waals surface area contributed by atoms with E-state index in [1.54, 1.807) is 0 Å². The fourth-order valence-electron chi connectivity index (χ4n) is 0.859. The highest BCUT2D eigenvalue weighted by Gasteiger charge is 1.98. The van der Waals surface area contributed by atoms with Gasteiger partial charge in [-0.15, -0.1) is 0 Å². The summed E-state index contributed by atoms with van der Waals surface area (Å²) >= 11 is 1.53. The maximum Gasteiger partial charge on any atom is 0.0738 e. The Labute approximate surface area is 77.1 Å². The van der Waals surface area contributed by atoms with Crippen LogP contribution in [0.4, 0.5) is 0 Å². The monoisotopic (exact) mass is 180 g/mol. The molecule has 0 fully saturated rings. The van der Waals surface area contributed by atoms with Crippen LogP contribution in [0.1, 0.15) is 5.56 Å². The van der Waals surface area contributed by atoms with Crippen molar-refractivity contribution < 1.29 is 5.11 Å². The summed E-state index contributed by atoms with van der Waals surface area (Å²) in [5.74, 6) is 0. The lowest BCUT2D eigenvalue weighted by Crippen LogP contribution is -1.84. The molecule has 1 aromatic rings. The highest BCUT2D eigenvalue weighted by molar-refractivity contribution is 8.03. The first-order valence-corrected chi connectivity index (χ1v) is 4.58. The van der Waals surface area contributed by atoms with Gasteiger partial charge in [0.2, 0.25) is 0 Å². The molecule has 2 heteroatoms. The van der Waals surface area contributed by atoms with E-state index in [1.165, 1.54) is 17.3 Å². The van der Waals surface area contributed by atoms with E-state index >= 15 is 0 Å². The molecule has 0 amide bonds. The quantitative estimate of drug-likeness (QED) is 0.721. The number of hydrogen-bond acceptors (Lipinski definition) is 2. The van der Waals surface area contributed by atoms with Gasteiger partial charge in [-0.3, -0.25) is 0 Å². The number of aryl methyl sites for hydroxylation is 1. The number of aliphatic hydroxyl groups excluding tert-OH is 1. The third-order valence-electron chi connectivity index (χ3n) is 1.52. The van der Waals surface area contributed by atoms with Crippen LogP contribution < -0.4 is 0 Å². The van der Waals surface area contributed by atoms with E-state index in [-0.39, 0.29) is 6.61 Å². The Morgan fingerprint density at radius 1 is 1.50 bits per heavy atom. The Bertz CT molecular complexity index is 281. The Morgan fingerprint density at radius 3 is 2.75 bits per heavy atom. The largest absolute Gasteiger partial charge is 0.391 e. The molecule has 1 aromatic carbocycles. The SMILES string of the molecule is C=C(CO)Sc1ccccc1C. The molecule has 1 N–H and O–H groups in total. The van der Waals surface area contributed by atoms with Gasteiger partial charge in [0.15, 0.2) is 0 Å². The first-order chi connectivity index (χ1) is 5.74. The van der Waals surface area contributed by atoms with Gasteiger partial charge in [-0.05, 0) is 18.6 Å². The predicted octanol–water partition coefficient (Wildman–Crippen LogP) is 2.59. The summed E-state index contributed by atoms with van der Waals surface area (Å²) < 4.78 is 0. The molecular weight excluding hydrogens is 168 g/mol. The lowest BCUT2D eigenvalue weighted by atomic mass is 10.2. The third kappa shape index (κ3) is 2.40. The van der Waals surface area contributed by atoms with Crippen molar-refractivity contribution in [3.63, 3.8) is 0 Å². The van der Waals surface area contributed by atoms with Gasteiger partial charge in [-0.25, -0.2) is 0 Å². The summed E-state index contributed by atoms with van der Waals surface area (Å²) in [4.78, 5) is 1.95. The summed E-state index contributed by atoms with van der Waals surface area (Å²) in [6.07, 6.45) is 0. The highest BCUT2D eigenvalue weighted by atomic mass is 32.2. The van der Waals surface area contributed by atoms with E-state index in [9.17, 15) is 0 Å². The van der Waals surface area contributed by atoms with Gasteiger partial charge in [-0.2, -0.15) is 0 Å². The summed E-state index contributed by atoms with van der Waals surface area (Å²) in [6, 6.07) is 8.06. The van der Waals surface area contributed by atoms with Crippen LogP contribution in [0.5, 0.6) is 0 Å². The van der Waals surface area contributed by atoms with Gasteiger partial charge in [0.25, 0.3) is 0 Å². The summed E-state index contributed by atoms with van der Waals surface area (Å²) in [5, 5.41) is 8.77. The van der Waals surface area contributed by atoms with Crippen molar-refractivity contribution in [1.82, 2.24) is 0 Å². The van der Waals surface area contributed by atoms with Crippen molar-refractivity contribution in [2.45, 2.75) is 11.8 Å². The van der Waals surface area contributed by atoms with Crippen molar-refractivity contribution in [3.05, 3.63) is 41.3 Å². The fraction of sp³-hybridized carbons (Fsp3) is 0.200. The molecule has 0 unspecified atom stereocenters. The van der Waals surface area contributed by atoms with E-state index in [0.717, 1.165) is 9.80 Å². The Balaban J connectivity index is 2.75. The van der Waals surface area contributed by atoms with Crippen LogP contribution >= 0.6 is 11.8 Å². The van der Waals surface area contributed by atoms with Crippen LogP contribution in [-0.4, -0.2) is 11.7 Å². The summed E-state index contributed by atoms with van der Waals surface area (Å²) in [5.41, 5.74) is 1.22. The van der Waals surface area contributed by atoms with Gasteiger partial charge in [0.1, 0.15) is 0 Å². The van der Waals surface area contributed by atoms with E-state index in [2.05, 4.69) is 6.58 Å². The average molecular weight is 180 g/mol. The lowest BCUT2D eigenvalue weighted by Gasteiger charge is -2.04. The van der Waals surface area contributed by atoms with Gasteiger partial charge >= 0.3 is 0 Å². The van der Waals surface area contributed by atoms with Crippen molar-refractivity contribution >= 4 is 11.8 Å². The smallest absolute Gasteiger partial charge is 0.0738 e. The number of aliphatic hydroxyl groups is 1. The van der Waals surface area contributed by atoms with Gasteiger partial charge in [0, 0.05) is 9.80 Å². The minimum absolute atomic E-state index is 0.0407. The maximum atomic E-state index is 8.77. The van der Waals surface area contributed by atoms with E-state index in [1.807, 2.05) is 31.2 Å². The van der Waals surface area contributed by atoms with Gasteiger partial charge < -0.3 is 5.11 Å². The molecular formula is C10H12OS. The molecule has 0 aliphatic rings. The molecule has 0 heterocycles. The zero-order valence-corrected chi connectivity index (χ0v) is 7.90. The minimum atomic E-state index is 0.0407. The highest BCUT2D eigenvalue weighted by Crippen LogP contribution is 2.27. The Morgan fingerprint density at radius 2 is 2.17 bits per heavy atom. The van der Waals surface area contributed by atoms with E-state index in [0.29, 0.717) is 0 Å². The molecule has 1 nitrogen and oxygen atoms in total. The number of hydrogen-bond donors (Lipinski definition) is 1. The molecule has 0 bridgehead atoms. The van der Waals surface area contributed by atoms with Gasteiger partial charge in [0.05, 0.1) is 6.61 Å². The van der Waals surface area contributed by atoms with Crippen LogP contribution in [0.3, 0.4) is 0 Å². The van der Waals surface area contributed by atoms with Crippen LogP contribution in [-0.2, 0) is 0 Å². The molecule has 0 spiro atoms. The molecule has 0 aromatic heterocycles. The van der Waals surface area contributed by atoms with Crippen LogP contribution in [0.25, 0.3) is 0 Å². The molecule has 0 saturated heterocycles. The molecule has 12 heavy (non-hydrogen) atoms. The molecule has 64 valence electrons. The molecule has 0 aliphatic heterocycles. The van der Waals surface area contributed by atoms with E-state index < -0.39 is 0 Å². The van der Waals surface area contributed by atoms with Crippen LogP contribution in [0.15, 0.2) is 40.6 Å². The second-order valence-electron chi connectivity index (χ2n) is 2.56. The van der Waals surface area contributed by atoms with Crippen LogP contribution in [0, 0.1) is 6.92 Å². The second kappa shape index (κ2) is 4.33. The van der Waals surface area contributed by atoms with Crippen molar-refractivity contribution in [2.75, 3.05) is 6.61 Å². The van der Waals surface area contributed by atoms with Crippen LogP contribution in [0.2, 0.25) is 0 Å². The molecule has 0 radical (unpaired) electrons. The van der Waals surface area contributed by atoms with E-state index in [4.69, 9.17) is 5.11 Å². The molecule has 0 atom stereocenters. The Kier molecular flexibility index (Phi) is 3.38. The third-order valence-corrected chi connectivity index (χ3v) is 2.62. The summed E-state index contributed by atoms with van der Waals surface area (Å²) in [6.45, 7) is 5.81. The van der Waals surface area contributed by atoms with Crippen molar-refractivity contribution in [3.8, 4) is 0 Å². The second-order valence-corrected chi connectivity index (χ2v) is 3.79. The first-order valence-electron chi connectivity index (χ1n) is 3.76. The fourth-order valence-corrected chi connectivity index (χ4v) is 1.61. The molecule has 0 aliphatic carbocycles. The topological polar surface area (TPSA) is 20.2 Å². The lowest BCUT2D eigenvalue weighted by molar-refractivity contribution is 0.340. The Hall–Kier alpha value is -0.730.